The molecule has 1 atom stereocenters. The average molecular weight is 411 g/mol. The fourth-order valence-electron chi connectivity index (χ4n) is 3.45. The highest BCUT2D eigenvalue weighted by molar-refractivity contribution is 7.80. The van der Waals surface area contributed by atoms with Crippen LogP contribution in [-0.4, -0.2) is 67.4 Å². The number of nitrogens with zero attached hydrogens (tertiary/aromatic N) is 2. The number of benzene rings is 1. The summed E-state index contributed by atoms with van der Waals surface area (Å²) in [6, 6.07) is 2.63. The van der Waals surface area contributed by atoms with Gasteiger partial charge in [0.25, 0.3) is 5.91 Å². The summed E-state index contributed by atoms with van der Waals surface area (Å²) in [7, 11) is 1.57. The molecule has 0 saturated carbocycles. The minimum atomic E-state index is -1.01. The van der Waals surface area contributed by atoms with Gasteiger partial charge in [0.1, 0.15) is 11.6 Å². The van der Waals surface area contributed by atoms with Gasteiger partial charge < -0.3 is 24.6 Å². The third-order valence-electron chi connectivity index (χ3n) is 4.93. The number of thiocarbonyl (C=S) groups is 1. The number of ether oxygens (including phenoxy) is 2. The largest absolute Gasteiger partial charge is 0.383 e. The van der Waals surface area contributed by atoms with Crippen molar-refractivity contribution in [3.63, 3.8) is 0 Å². The van der Waals surface area contributed by atoms with Crippen molar-refractivity contribution >= 4 is 23.2 Å². The van der Waals surface area contributed by atoms with Crippen molar-refractivity contribution in [3.05, 3.63) is 46.7 Å². The van der Waals surface area contributed by atoms with Gasteiger partial charge in [0.15, 0.2) is 5.11 Å². The topological polar surface area (TPSA) is 54.0 Å². The number of hydrogen-bond acceptors (Lipinski definition) is 4. The van der Waals surface area contributed by atoms with Crippen LogP contribution in [-0.2, 0) is 14.3 Å². The summed E-state index contributed by atoms with van der Waals surface area (Å²) >= 11 is 5.41. The molecule has 1 aromatic rings. The van der Waals surface area contributed by atoms with Crippen LogP contribution in [0.1, 0.15) is 18.5 Å². The maximum atomic E-state index is 14.5. The second-order valence-electron chi connectivity index (χ2n) is 6.57. The molecule has 1 amide bonds. The standard InChI is InChI=1S/C19H23F2N3O3S/c1-12-15(18(25)23-6-10-27-11-7-23)17(16-13(20)4-3-5-14(16)21)22-19(28)24(12)8-9-26-2/h3-5,17H,6-11H2,1-2H3,(H,22,28)/t17-/m0/s1. The van der Waals surface area contributed by atoms with E-state index in [0.717, 1.165) is 0 Å². The van der Waals surface area contributed by atoms with Crippen LogP contribution in [0.5, 0.6) is 0 Å². The van der Waals surface area contributed by atoms with Gasteiger partial charge in [-0.3, -0.25) is 4.79 Å². The molecule has 2 aliphatic rings. The maximum absolute atomic E-state index is 14.5. The number of carbonyl (C=O) groups excluding carboxylic acids is 1. The van der Waals surface area contributed by atoms with Crippen LogP contribution in [0.4, 0.5) is 8.78 Å². The van der Waals surface area contributed by atoms with Gasteiger partial charge >= 0.3 is 0 Å². The summed E-state index contributed by atoms with van der Waals surface area (Å²) < 4.78 is 39.5. The van der Waals surface area contributed by atoms with Gasteiger partial charge in [-0.1, -0.05) is 6.07 Å². The first-order valence-electron chi connectivity index (χ1n) is 9.04. The maximum Gasteiger partial charge on any atom is 0.254 e. The molecule has 0 spiro atoms. The summed E-state index contributed by atoms with van der Waals surface area (Å²) in [4.78, 5) is 16.7. The van der Waals surface area contributed by atoms with Crippen molar-refractivity contribution in [3.8, 4) is 0 Å². The van der Waals surface area contributed by atoms with Crippen LogP contribution in [0.25, 0.3) is 0 Å². The van der Waals surface area contributed by atoms with Crippen LogP contribution in [0.3, 0.4) is 0 Å². The summed E-state index contributed by atoms with van der Waals surface area (Å²) in [5.41, 5.74) is 0.618. The van der Waals surface area contributed by atoms with E-state index in [1.165, 1.54) is 18.2 Å². The van der Waals surface area contributed by atoms with Crippen molar-refractivity contribution in [1.29, 1.82) is 0 Å². The van der Waals surface area contributed by atoms with Gasteiger partial charge in [0.05, 0.1) is 37.0 Å². The number of amides is 1. The molecule has 152 valence electrons. The molecule has 6 nitrogen and oxygen atoms in total. The minimum Gasteiger partial charge on any atom is -0.383 e. The minimum absolute atomic E-state index is 0.216. The SMILES string of the molecule is COCCN1C(=S)N[C@H](c2c(F)cccc2F)C(C(=O)N2CCOCC2)=C1C. The van der Waals surface area contributed by atoms with Crippen LogP contribution in [0.2, 0.25) is 0 Å². The van der Waals surface area contributed by atoms with E-state index in [-0.39, 0.29) is 17.0 Å². The molecular weight excluding hydrogens is 388 g/mol. The highest BCUT2D eigenvalue weighted by Crippen LogP contribution is 2.34. The van der Waals surface area contributed by atoms with E-state index in [4.69, 9.17) is 21.7 Å². The normalized spacial score (nSPS) is 20.4. The molecule has 1 fully saturated rings. The number of morpholine rings is 1. The molecular formula is C19H23F2N3O3S. The average Bonchev–Trinajstić information content (AvgIpc) is 2.68. The molecule has 0 radical (unpaired) electrons. The highest BCUT2D eigenvalue weighted by Gasteiger charge is 2.38. The number of hydrogen-bond donors (Lipinski definition) is 1. The number of rotatable bonds is 5. The first-order valence-corrected chi connectivity index (χ1v) is 9.45. The fraction of sp³-hybridized carbons (Fsp3) is 0.474. The van der Waals surface area contributed by atoms with Gasteiger partial charge in [-0.15, -0.1) is 0 Å². The Morgan fingerprint density at radius 3 is 2.57 bits per heavy atom. The molecule has 9 heteroatoms. The molecule has 1 saturated heterocycles. The lowest BCUT2D eigenvalue weighted by molar-refractivity contribution is -0.131. The molecule has 1 aromatic carbocycles. The zero-order chi connectivity index (χ0) is 20.3. The number of allylic oxidation sites excluding steroid dienone is 1. The van der Waals surface area contributed by atoms with Crippen LogP contribution < -0.4 is 5.32 Å². The molecule has 1 N–H and O–H groups in total. The Kier molecular flexibility index (Phi) is 6.58. The molecule has 2 aliphatic heterocycles. The quantitative estimate of drug-likeness (QED) is 0.748. The number of carbonyl (C=O) groups is 1. The van der Waals surface area contributed by atoms with Crippen LogP contribution in [0, 0.1) is 11.6 Å². The van der Waals surface area contributed by atoms with E-state index >= 15 is 0 Å². The Morgan fingerprint density at radius 2 is 1.96 bits per heavy atom. The number of nitrogens with one attached hydrogen (secondary N) is 1. The van der Waals surface area contributed by atoms with Crippen molar-refractivity contribution < 1.29 is 23.0 Å². The van der Waals surface area contributed by atoms with Gasteiger partial charge in [-0.25, -0.2) is 8.78 Å². The molecule has 0 aromatic heterocycles. The lowest BCUT2D eigenvalue weighted by atomic mass is 9.93. The first-order chi connectivity index (χ1) is 13.5. The highest BCUT2D eigenvalue weighted by atomic mass is 32.1. The van der Waals surface area contributed by atoms with Gasteiger partial charge in [0, 0.05) is 32.4 Å². The van der Waals surface area contributed by atoms with Crippen LogP contribution >= 0.6 is 12.2 Å². The van der Waals surface area contributed by atoms with Crippen molar-refractivity contribution in [2.24, 2.45) is 0 Å². The summed E-state index contributed by atoms with van der Waals surface area (Å²) in [5.74, 6) is -1.75. The Labute approximate surface area is 168 Å². The van der Waals surface area contributed by atoms with Gasteiger partial charge in [0.2, 0.25) is 0 Å². The lowest BCUT2D eigenvalue weighted by Crippen LogP contribution is -2.52. The number of halogens is 2. The van der Waals surface area contributed by atoms with E-state index < -0.39 is 17.7 Å². The zero-order valence-corrected chi connectivity index (χ0v) is 16.7. The monoisotopic (exact) mass is 411 g/mol. The third kappa shape index (κ3) is 4.01. The van der Waals surface area contributed by atoms with Gasteiger partial charge in [-0.05, 0) is 31.3 Å². The second kappa shape index (κ2) is 8.93. The Hall–Kier alpha value is -2.10. The zero-order valence-electron chi connectivity index (χ0n) is 15.8. The third-order valence-corrected chi connectivity index (χ3v) is 5.27. The molecule has 0 aliphatic carbocycles. The van der Waals surface area contributed by atoms with E-state index in [0.29, 0.717) is 50.3 Å². The summed E-state index contributed by atoms with van der Waals surface area (Å²) in [6.07, 6.45) is 0. The molecule has 28 heavy (non-hydrogen) atoms. The second-order valence-corrected chi connectivity index (χ2v) is 6.95. The predicted octanol–water partition coefficient (Wildman–Crippen LogP) is 1.98. The fourth-order valence-corrected chi connectivity index (χ4v) is 3.80. The van der Waals surface area contributed by atoms with Crippen molar-refractivity contribution in [1.82, 2.24) is 15.1 Å². The number of methoxy groups -OCH3 is 1. The molecule has 0 bridgehead atoms. The van der Waals surface area contributed by atoms with E-state index in [9.17, 15) is 13.6 Å². The van der Waals surface area contributed by atoms with Gasteiger partial charge in [-0.2, -0.15) is 0 Å². The summed E-state index contributed by atoms with van der Waals surface area (Å²) in [5, 5.41) is 3.25. The Bertz CT molecular complexity index is 776. The smallest absolute Gasteiger partial charge is 0.254 e. The Balaban J connectivity index is 2.08. The van der Waals surface area contributed by atoms with E-state index in [2.05, 4.69) is 5.32 Å². The predicted molar refractivity (Wildman–Crippen MR) is 104 cm³/mol. The summed E-state index contributed by atoms with van der Waals surface area (Å²) in [6.45, 7) is 4.24. The van der Waals surface area contributed by atoms with Crippen molar-refractivity contribution in [2.75, 3.05) is 46.6 Å². The Morgan fingerprint density at radius 1 is 1.32 bits per heavy atom. The molecule has 3 rings (SSSR count). The lowest BCUT2D eigenvalue weighted by Gasteiger charge is -2.40. The van der Waals surface area contributed by atoms with E-state index in [1.807, 2.05) is 0 Å². The first kappa shape index (κ1) is 20.6. The molecule has 0 unspecified atom stereocenters. The van der Waals surface area contributed by atoms with Crippen molar-refractivity contribution in [2.45, 2.75) is 13.0 Å². The van der Waals surface area contributed by atoms with Crippen LogP contribution in [0.15, 0.2) is 29.5 Å². The van der Waals surface area contributed by atoms with E-state index in [1.54, 1.807) is 23.8 Å². The molecule has 2 heterocycles.